The minimum absolute atomic E-state index is 0.00137. The zero-order valence-corrected chi connectivity index (χ0v) is 12.7. The molecule has 0 saturated carbocycles. The van der Waals surface area contributed by atoms with Crippen molar-refractivity contribution in [1.82, 2.24) is 0 Å². The molecule has 0 bridgehead atoms. The standard InChI is InChI=1S/C21H22/c1-4-12-21(13-5-2)19-9-7-6-8-17(19)15-18-14-16(3)10-11-20(18)21/h4-11,14H,1-2,12-13,15H2,3H3. The number of fused-ring (bicyclic) bond motifs is 2. The monoisotopic (exact) mass is 274 g/mol. The summed E-state index contributed by atoms with van der Waals surface area (Å²) in [5.41, 5.74) is 7.13. The van der Waals surface area contributed by atoms with Gasteiger partial charge in [-0.25, -0.2) is 0 Å². The van der Waals surface area contributed by atoms with Crippen molar-refractivity contribution < 1.29 is 0 Å². The van der Waals surface area contributed by atoms with Gasteiger partial charge in [0.2, 0.25) is 0 Å². The van der Waals surface area contributed by atoms with Crippen LogP contribution in [0.25, 0.3) is 0 Å². The summed E-state index contributed by atoms with van der Waals surface area (Å²) in [5, 5.41) is 0. The number of aryl methyl sites for hydroxylation is 1. The Labute approximate surface area is 127 Å². The summed E-state index contributed by atoms with van der Waals surface area (Å²) < 4.78 is 0. The quantitative estimate of drug-likeness (QED) is 0.660. The van der Waals surface area contributed by atoms with Crippen molar-refractivity contribution in [3.05, 3.63) is 95.6 Å². The summed E-state index contributed by atoms with van der Waals surface area (Å²) in [7, 11) is 0. The molecule has 3 rings (SSSR count). The Hall–Kier alpha value is -2.08. The summed E-state index contributed by atoms with van der Waals surface area (Å²) in [5.74, 6) is 0. The maximum atomic E-state index is 4.01. The molecule has 2 aromatic rings. The molecule has 0 fully saturated rings. The highest BCUT2D eigenvalue weighted by molar-refractivity contribution is 5.55. The third-order valence-electron chi connectivity index (χ3n) is 4.68. The lowest BCUT2D eigenvalue weighted by Gasteiger charge is -2.40. The van der Waals surface area contributed by atoms with Crippen LogP contribution in [0.4, 0.5) is 0 Å². The predicted molar refractivity (Wildman–Crippen MR) is 90.8 cm³/mol. The minimum atomic E-state index is 0.00137. The van der Waals surface area contributed by atoms with Gasteiger partial charge >= 0.3 is 0 Å². The Morgan fingerprint density at radius 3 is 2.33 bits per heavy atom. The SMILES string of the molecule is C=CCC1(CC=C)c2ccccc2Cc2cc(C)ccc21. The van der Waals surface area contributed by atoms with Gasteiger partial charge in [-0.2, -0.15) is 0 Å². The van der Waals surface area contributed by atoms with E-state index in [2.05, 4.69) is 74.7 Å². The fraction of sp³-hybridized carbons (Fsp3) is 0.238. The number of hydrogen-bond donors (Lipinski definition) is 0. The summed E-state index contributed by atoms with van der Waals surface area (Å²) in [6.45, 7) is 10.2. The van der Waals surface area contributed by atoms with E-state index in [9.17, 15) is 0 Å². The van der Waals surface area contributed by atoms with Crippen molar-refractivity contribution >= 4 is 0 Å². The van der Waals surface area contributed by atoms with Gasteiger partial charge in [-0.05, 0) is 48.4 Å². The predicted octanol–water partition coefficient (Wildman–Crippen LogP) is 5.34. The smallest absolute Gasteiger partial charge is 0.0277 e. The van der Waals surface area contributed by atoms with Gasteiger partial charge in [0.1, 0.15) is 0 Å². The zero-order chi connectivity index (χ0) is 14.9. The average Bonchev–Trinajstić information content (AvgIpc) is 2.47. The van der Waals surface area contributed by atoms with Crippen LogP contribution in [0.15, 0.2) is 67.8 Å². The van der Waals surface area contributed by atoms with Crippen LogP contribution in [0.3, 0.4) is 0 Å². The molecule has 0 aromatic heterocycles. The molecule has 106 valence electrons. The molecule has 0 unspecified atom stereocenters. The van der Waals surface area contributed by atoms with Gasteiger partial charge in [0, 0.05) is 5.41 Å². The normalized spacial score (nSPS) is 14.9. The maximum Gasteiger partial charge on any atom is 0.0277 e. The highest BCUT2D eigenvalue weighted by Crippen LogP contribution is 2.46. The van der Waals surface area contributed by atoms with E-state index in [1.165, 1.54) is 27.8 Å². The van der Waals surface area contributed by atoms with Gasteiger partial charge in [0.15, 0.2) is 0 Å². The van der Waals surface area contributed by atoms with Gasteiger partial charge in [-0.3, -0.25) is 0 Å². The molecule has 2 aromatic carbocycles. The second-order valence-corrected chi connectivity index (χ2v) is 6.06. The molecule has 0 aliphatic heterocycles. The lowest BCUT2D eigenvalue weighted by molar-refractivity contribution is 0.509. The molecule has 21 heavy (non-hydrogen) atoms. The first-order chi connectivity index (χ1) is 10.2. The first-order valence-electron chi connectivity index (χ1n) is 7.61. The van der Waals surface area contributed by atoms with E-state index in [0.717, 1.165) is 19.3 Å². The van der Waals surface area contributed by atoms with E-state index in [1.807, 2.05) is 0 Å². The Balaban J connectivity index is 2.30. The van der Waals surface area contributed by atoms with E-state index in [4.69, 9.17) is 0 Å². The Morgan fingerprint density at radius 1 is 0.952 bits per heavy atom. The van der Waals surface area contributed by atoms with Crippen molar-refractivity contribution in [1.29, 1.82) is 0 Å². The molecule has 0 atom stereocenters. The topological polar surface area (TPSA) is 0 Å². The van der Waals surface area contributed by atoms with Gasteiger partial charge in [-0.15, -0.1) is 13.2 Å². The van der Waals surface area contributed by atoms with Crippen molar-refractivity contribution in [3.8, 4) is 0 Å². The highest BCUT2D eigenvalue weighted by atomic mass is 14.4. The lowest BCUT2D eigenvalue weighted by Crippen LogP contribution is -2.32. The fourth-order valence-corrected chi connectivity index (χ4v) is 3.84. The van der Waals surface area contributed by atoms with Crippen LogP contribution in [0.5, 0.6) is 0 Å². The fourth-order valence-electron chi connectivity index (χ4n) is 3.84. The minimum Gasteiger partial charge on any atom is -0.103 e. The Kier molecular flexibility index (Phi) is 3.55. The van der Waals surface area contributed by atoms with Crippen molar-refractivity contribution in [2.45, 2.75) is 31.6 Å². The molecule has 0 saturated heterocycles. The largest absolute Gasteiger partial charge is 0.103 e. The van der Waals surface area contributed by atoms with Crippen LogP contribution in [0.1, 0.15) is 40.7 Å². The van der Waals surface area contributed by atoms with Crippen molar-refractivity contribution in [2.24, 2.45) is 0 Å². The third-order valence-corrected chi connectivity index (χ3v) is 4.68. The van der Waals surface area contributed by atoms with Crippen LogP contribution >= 0.6 is 0 Å². The van der Waals surface area contributed by atoms with Gasteiger partial charge < -0.3 is 0 Å². The number of benzene rings is 2. The van der Waals surface area contributed by atoms with E-state index in [0.29, 0.717) is 0 Å². The number of allylic oxidation sites excluding steroid dienone is 2. The second kappa shape index (κ2) is 5.37. The zero-order valence-electron chi connectivity index (χ0n) is 12.7. The Bertz CT molecular complexity index is 681. The van der Waals surface area contributed by atoms with E-state index >= 15 is 0 Å². The van der Waals surface area contributed by atoms with Crippen molar-refractivity contribution in [3.63, 3.8) is 0 Å². The third kappa shape index (κ3) is 2.15. The maximum absolute atomic E-state index is 4.01. The summed E-state index contributed by atoms with van der Waals surface area (Å²) in [6.07, 6.45) is 7.03. The molecule has 0 N–H and O–H groups in total. The first kappa shape index (κ1) is 13.9. The average molecular weight is 274 g/mol. The summed E-state index contributed by atoms with van der Waals surface area (Å²) >= 11 is 0. The van der Waals surface area contributed by atoms with Crippen LogP contribution in [0.2, 0.25) is 0 Å². The van der Waals surface area contributed by atoms with Crippen LogP contribution in [-0.4, -0.2) is 0 Å². The van der Waals surface area contributed by atoms with E-state index < -0.39 is 0 Å². The second-order valence-electron chi connectivity index (χ2n) is 6.06. The number of hydrogen-bond acceptors (Lipinski definition) is 0. The first-order valence-corrected chi connectivity index (χ1v) is 7.61. The highest BCUT2D eigenvalue weighted by Gasteiger charge is 2.38. The van der Waals surface area contributed by atoms with Crippen molar-refractivity contribution in [2.75, 3.05) is 0 Å². The molecule has 1 aliphatic rings. The molecular formula is C21H22. The van der Waals surface area contributed by atoms with Crippen LogP contribution in [-0.2, 0) is 11.8 Å². The molecular weight excluding hydrogens is 252 g/mol. The van der Waals surface area contributed by atoms with Crippen LogP contribution in [0, 0.1) is 6.92 Å². The number of rotatable bonds is 4. The van der Waals surface area contributed by atoms with Gasteiger partial charge in [0.05, 0.1) is 0 Å². The lowest BCUT2D eigenvalue weighted by atomic mass is 9.63. The molecule has 0 nitrogen and oxygen atoms in total. The molecule has 0 spiro atoms. The molecule has 0 heterocycles. The van der Waals surface area contributed by atoms with Gasteiger partial charge in [-0.1, -0.05) is 60.2 Å². The Morgan fingerprint density at radius 2 is 1.62 bits per heavy atom. The molecule has 0 heteroatoms. The summed E-state index contributed by atoms with van der Waals surface area (Å²) in [4.78, 5) is 0. The molecule has 0 amide bonds. The van der Waals surface area contributed by atoms with Crippen LogP contribution < -0.4 is 0 Å². The summed E-state index contributed by atoms with van der Waals surface area (Å²) in [6, 6.07) is 15.7. The molecule has 0 radical (unpaired) electrons. The van der Waals surface area contributed by atoms with E-state index in [1.54, 1.807) is 0 Å². The molecule has 1 aliphatic carbocycles. The van der Waals surface area contributed by atoms with E-state index in [-0.39, 0.29) is 5.41 Å². The van der Waals surface area contributed by atoms with Gasteiger partial charge in [0.25, 0.3) is 0 Å².